The van der Waals surface area contributed by atoms with Gasteiger partial charge in [-0.25, -0.2) is 0 Å². The predicted octanol–water partition coefficient (Wildman–Crippen LogP) is 4.95. The van der Waals surface area contributed by atoms with Gasteiger partial charge in [-0.2, -0.15) is 0 Å². The van der Waals surface area contributed by atoms with Crippen molar-refractivity contribution in [2.24, 2.45) is 0 Å². The van der Waals surface area contributed by atoms with Crippen molar-refractivity contribution in [3.63, 3.8) is 0 Å². The smallest absolute Gasteiger partial charge is 0.0632 e. The monoisotopic (exact) mass is 279 g/mol. The molecule has 0 saturated carbocycles. The zero-order chi connectivity index (χ0) is 13.5. The maximum absolute atomic E-state index is 5.97. The van der Waals surface area contributed by atoms with Crippen LogP contribution >= 0.6 is 11.6 Å². The number of halogens is 1. The summed E-state index contributed by atoms with van der Waals surface area (Å²) in [5.41, 5.74) is 5.41. The first-order valence-electron chi connectivity index (χ1n) is 6.83. The van der Waals surface area contributed by atoms with Gasteiger partial charge in [0, 0.05) is 22.5 Å². The first-order valence-corrected chi connectivity index (χ1v) is 7.21. The van der Waals surface area contributed by atoms with Gasteiger partial charge in [-0.05, 0) is 41.8 Å². The van der Waals surface area contributed by atoms with Gasteiger partial charge in [-0.1, -0.05) is 48.0 Å². The van der Waals surface area contributed by atoms with E-state index in [1.165, 1.54) is 22.4 Å². The van der Waals surface area contributed by atoms with Gasteiger partial charge in [0.25, 0.3) is 0 Å². The van der Waals surface area contributed by atoms with Crippen molar-refractivity contribution >= 4 is 11.6 Å². The summed E-state index contributed by atoms with van der Waals surface area (Å²) >= 11 is 5.97. The molecule has 1 nitrogen and oxygen atoms in total. The Bertz CT molecular complexity index is 755. The van der Waals surface area contributed by atoms with Crippen molar-refractivity contribution in [2.75, 3.05) is 0 Å². The van der Waals surface area contributed by atoms with Gasteiger partial charge in [-0.15, -0.1) is 0 Å². The lowest BCUT2D eigenvalue weighted by Crippen LogP contribution is -2.07. The lowest BCUT2D eigenvalue weighted by molar-refractivity contribution is 0.613. The van der Waals surface area contributed by atoms with Crippen molar-refractivity contribution in [3.05, 3.63) is 83.0 Å². The van der Waals surface area contributed by atoms with Crippen LogP contribution in [0.5, 0.6) is 0 Å². The third-order valence-corrected chi connectivity index (χ3v) is 4.30. The Balaban J connectivity index is 1.77. The molecule has 1 unspecified atom stereocenters. The van der Waals surface area contributed by atoms with E-state index in [1.54, 1.807) is 0 Å². The normalized spacial score (nSPS) is 15.9. The molecule has 4 rings (SSSR count). The van der Waals surface area contributed by atoms with Crippen LogP contribution in [0.1, 0.15) is 17.2 Å². The number of benzene rings is 2. The Labute approximate surface area is 123 Å². The highest BCUT2D eigenvalue weighted by molar-refractivity contribution is 6.30. The average molecular weight is 280 g/mol. The number of hydrogen-bond donors (Lipinski definition) is 0. The summed E-state index contributed by atoms with van der Waals surface area (Å²) < 4.78 is 2.37. The topological polar surface area (TPSA) is 4.93 Å². The van der Waals surface area contributed by atoms with Crippen LogP contribution in [0.15, 0.2) is 66.9 Å². The van der Waals surface area contributed by atoms with Gasteiger partial charge in [-0.3, -0.25) is 0 Å². The number of hydrogen-bond acceptors (Lipinski definition) is 0. The fourth-order valence-electron chi connectivity index (χ4n) is 3.12. The summed E-state index contributed by atoms with van der Waals surface area (Å²) in [6, 6.07) is 21.6. The summed E-state index contributed by atoms with van der Waals surface area (Å²) in [5, 5.41) is 0.794. The Morgan fingerprint density at radius 2 is 1.70 bits per heavy atom. The van der Waals surface area contributed by atoms with E-state index in [2.05, 4.69) is 59.3 Å². The van der Waals surface area contributed by atoms with E-state index in [4.69, 9.17) is 11.6 Å². The number of aromatic nitrogens is 1. The van der Waals surface area contributed by atoms with Crippen molar-refractivity contribution in [2.45, 2.75) is 12.5 Å². The highest BCUT2D eigenvalue weighted by Crippen LogP contribution is 2.41. The van der Waals surface area contributed by atoms with Crippen molar-refractivity contribution < 1.29 is 0 Å². The summed E-state index contributed by atoms with van der Waals surface area (Å²) in [4.78, 5) is 0. The molecule has 0 amide bonds. The number of nitrogens with zero attached hydrogens (tertiary/aromatic N) is 1. The summed E-state index contributed by atoms with van der Waals surface area (Å²) in [5.74, 6) is 0. The predicted molar refractivity (Wildman–Crippen MR) is 83.2 cm³/mol. The first-order chi connectivity index (χ1) is 9.83. The molecule has 0 N–H and O–H groups in total. The van der Waals surface area contributed by atoms with Crippen molar-refractivity contribution in [1.29, 1.82) is 0 Å². The molecule has 3 aromatic rings. The number of fused-ring (bicyclic) bond motifs is 3. The minimum Gasteiger partial charge on any atom is -0.340 e. The second-order valence-electron chi connectivity index (χ2n) is 5.23. The van der Waals surface area contributed by atoms with E-state index < -0.39 is 0 Å². The van der Waals surface area contributed by atoms with Crippen LogP contribution < -0.4 is 0 Å². The molecule has 2 heteroatoms. The van der Waals surface area contributed by atoms with E-state index in [1.807, 2.05) is 12.1 Å². The highest BCUT2D eigenvalue weighted by Gasteiger charge is 2.27. The number of rotatable bonds is 2. The minimum absolute atomic E-state index is 0.386. The van der Waals surface area contributed by atoms with Gasteiger partial charge in [0.05, 0.1) is 6.04 Å². The third-order valence-electron chi connectivity index (χ3n) is 4.05. The minimum atomic E-state index is 0.386. The molecule has 1 aliphatic heterocycles. The molecule has 0 saturated heterocycles. The molecule has 1 aromatic heterocycles. The SMILES string of the molecule is Clc1ccc(CC2c3ccccc3-c3cccn32)cc1. The fourth-order valence-corrected chi connectivity index (χ4v) is 3.24. The Morgan fingerprint density at radius 3 is 2.55 bits per heavy atom. The van der Waals surface area contributed by atoms with E-state index in [9.17, 15) is 0 Å². The Kier molecular flexibility index (Phi) is 2.68. The highest BCUT2D eigenvalue weighted by atomic mass is 35.5. The van der Waals surface area contributed by atoms with Crippen LogP contribution in [-0.4, -0.2) is 4.57 Å². The van der Waals surface area contributed by atoms with Crippen LogP contribution in [0.3, 0.4) is 0 Å². The summed E-state index contributed by atoms with van der Waals surface area (Å²) in [6.45, 7) is 0. The van der Waals surface area contributed by atoms with Crippen LogP contribution in [-0.2, 0) is 6.42 Å². The molecular formula is C18H14ClN. The van der Waals surface area contributed by atoms with E-state index in [0.717, 1.165) is 11.4 Å². The molecule has 1 aliphatic rings. The molecule has 0 radical (unpaired) electrons. The standard InChI is InChI=1S/C18H14ClN/c19-14-9-7-13(8-10-14)12-18-16-5-2-1-4-15(16)17-6-3-11-20(17)18/h1-11,18H,12H2. The fraction of sp³-hybridized carbons (Fsp3) is 0.111. The van der Waals surface area contributed by atoms with Crippen LogP contribution in [0.4, 0.5) is 0 Å². The second-order valence-corrected chi connectivity index (χ2v) is 5.67. The van der Waals surface area contributed by atoms with Gasteiger partial charge < -0.3 is 4.57 Å². The molecule has 0 spiro atoms. The molecule has 98 valence electrons. The van der Waals surface area contributed by atoms with Crippen LogP contribution in [0, 0.1) is 0 Å². The molecule has 1 atom stereocenters. The van der Waals surface area contributed by atoms with Gasteiger partial charge in [0.1, 0.15) is 0 Å². The zero-order valence-corrected chi connectivity index (χ0v) is 11.7. The lowest BCUT2D eigenvalue weighted by Gasteiger charge is -2.15. The second kappa shape index (κ2) is 4.53. The lowest BCUT2D eigenvalue weighted by atomic mass is 9.97. The Morgan fingerprint density at radius 1 is 0.900 bits per heavy atom. The summed E-state index contributed by atoms with van der Waals surface area (Å²) in [7, 11) is 0. The molecule has 0 bridgehead atoms. The van der Waals surface area contributed by atoms with Crippen LogP contribution in [0.25, 0.3) is 11.3 Å². The van der Waals surface area contributed by atoms with E-state index in [0.29, 0.717) is 6.04 Å². The molecule has 2 aromatic carbocycles. The molecule has 2 heterocycles. The molecular weight excluding hydrogens is 266 g/mol. The van der Waals surface area contributed by atoms with Crippen LogP contribution in [0.2, 0.25) is 5.02 Å². The quantitative estimate of drug-likeness (QED) is 0.625. The zero-order valence-electron chi connectivity index (χ0n) is 11.0. The van der Waals surface area contributed by atoms with Crippen molar-refractivity contribution in [3.8, 4) is 11.3 Å². The van der Waals surface area contributed by atoms with E-state index in [-0.39, 0.29) is 0 Å². The molecule has 0 aliphatic carbocycles. The van der Waals surface area contributed by atoms with Gasteiger partial charge in [0.15, 0.2) is 0 Å². The van der Waals surface area contributed by atoms with Gasteiger partial charge >= 0.3 is 0 Å². The van der Waals surface area contributed by atoms with Crippen molar-refractivity contribution in [1.82, 2.24) is 4.57 Å². The van der Waals surface area contributed by atoms with Gasteiger partial charge in [0.2, 0.25) is 0 Å². The maximum Gasteiger partial charge on any atom is 0.0632 e. The largest absolute Gasteiger partial charge is 0.340 e. The van der Waals surface area contributed by atoms with E-state index >= 15 is 0 Å². The Hall–Kier alpha value is -1.99. The maximum atomic E-state index is 5.97. The molecule has 0 fully saturated rings. The average Bonchev–Trinajstić information content (AvgIpc) is 3.05. The molecule has 20 heavy (non-hydrogen) atoms. The third kappa shape index (κ3) is 1.78. The first kappa shape index (κ1) is 11.8. The summed E-state index contributed by atoms with van der Waals surface area (Å²) in [6.07, 6.45) is 3.17.